The van der Waals surface area contributed by atoms with E-state index in [1.165, 1.54) is 4.31 Å². The summed E-state index contributed by atoms with van der Waals surface area (Å²) in [4.78, 5) is 11.9. The molecule has 0 radical (unpaired) electrons. The predicted molar refractivity (Wildman–Crippen MR) is 89.1 cm³/mol. The average molecular weight is 354 g/mol. The Labute approximate surface area is 144 Å². The zero-order valence-electron chi connectivity index (χ0n) is 14.5. The normalized spacial score (nSPS) is 17.8. The van der Waals surface area contributed by atoms with Crippen LogP contribution in [0.1, 0.15) is 32.8 Å². The van der Waals surface area contributed by atoms with Crippen LogP contribution in [0.5, 0.6) is 0 Å². The van der Waals surface area contributed by atoms with Crippen LogP contribution in [0.2, 0.25) is 0 Å². The lowest BCUT2D eigenvalue weighted by Gasteiger charge is -2.31. The van der Waals surface area contributed by atoms with Gasteiger partial charge in [0.15, 0.2) is 0 Å². The number of nitrogens with zero attached hydrogens (tertiary/aromatic N) is 1. The Bertz CT molecular complexity index is 670. The first-order chi connectivity index (χ1) is 11.1. The van der Waals surface area contributed by atoms with Gasteiger partial charge in [-0.2, -0.15) is 4.31 Å². The van der Waals surface area contributed by atoms with Gasteiger partial charge in [-0.15, -0.1) is 0 Å². The van der Waals surface area contributed by atoms with Crippen molar-refractivity contribution in [3.8, 4) is 0 Å². The first kappa shape index (κ1) is 18.9. The molecule has 0 unspecified atom stereocenters. The number of benzene rings is 1. The molecule has 1 fully saturated rings. The molecule has 1 aromatic rings. The molecule has 1 aliphatic rings. The molecule has 1 N–H and O–H groups in total. The number of sulfonamides is 1. The molecular formula is C17H26N2O4S. The molecule has 0 aliphatic carbocycles. The van der Waals surface area contributed by atoms with Crippen molar-refractivity contribution in [2.75, 3.05) is 32.7 Å². The third-order valence-electron chi connectivity index (χ3n) is 4.47. The van der Waals surface area contributed by atoms with Crippen molar-refractivity contribution in [1.82, 2.24) is 4.31 Å². The monoisotopic (exact) mass is 354 g/mol. The zero-order chi connectivity index (χ0) is 18.0. The highest BCUT2D eigenvalue weighted by Gasteiger charge is 2.30. The van der Waals surface area contributed by atoms with Gasteiger partial charge in [0.05, 0.1) is 37.6 Å². The van der Waals surface area contributed by atoms with Gasteiger partial charge in [-0.1, -0.05) is 32.9 Å². The second kappa shape index (κ2) is 7.21. The largest absolute Gasteiger partial charge is 0.550 e. The SMILES string of the molecule is CC(C)(C)c1ccc(S(=O)(=O)N2CC[NH+](CCC(=O)[O-])CC2)cc1. The molecule has 0 bridgehead atoms. The minimum absolute atomic E-state index is 0.0103. The molecule has 1 heterocycles. The molecule has 0 spiro atoms. The van der Waals surface area contributed by atoms with E-state index in [1.807, 2.05) is 12.1 Å². The lowest BCUT2D eigenvalue weighted by molar-refractivity contribution is -0.903. The fourth-order valence-corrected chi connectivity index (χ4v) is 4.29. The third kappa shape index (κ3) is 4.55. The van der Waals surface area contributed by atoms with Crippen LogP contribution in [-0.4, -0.2) is 51.4 Å². The molecule has 0 atom stereocenters. The van der Waals surface area contributed by atoms with Crippen LogP contribution in [0.25, 0.3) is 0 Å². The molecule has 2 rings (SSSR count). The van der Waals surface area contributed by atoms with E-state index in [0.717, 1.165) is 10.5 Å². The van der Waals surface area contributed by atoms with Gasteiger partial charge in [0.2, 0.25) is 10.0 Å². The fourth-order valence-electron chi connectivity index (χ4n) is 2.85. The Balaban J connectivity index is 2.02. The molecule has 7 heteroatoms. The van der Waals surface area contributed by atoms with Crippen LogP contribution in [0.15, 0.2) is 29.2 Å². The van der Waals surface area contributed by atoms with Gasteiger partial charge in [0.25, 0.3) is 0 Å². The van der Waals surface area contributed by atoms with E-state index in [4.69, 9.17) is 0 Å². The highest BCUT2D eigenvalue weighted by molar-refractivity contribution is 7.89. The summed E-state index contributed by atoms with van der Waals surface area (Å²) in [6, 6.07) is 7.08. The van der Waals surface area contributed by atoms with E-state index in [1.54, 1.807) is 12.1 Å². The number of carbonyl (C=O) groups is 1. The lowest BCUT2D eigenvalue weighted by Crippen LogP contribution is -3.15. The van der Waals surface area contributed by atoms with Gasteiger partial charge >= 0.3 is 0 Å². The number of carbonyl (C=O) groups excluding carboxylic acids is 1. The lowest BCUT2D eigenvalue weighted by atomic mass is 9.87. The topological polar surface area (TPSA) is 82.0 Å². The molecule has 6 nitrogen and oxygen atoms in total. The number of quaternary nitrogens is 1. The molecule has 24 heavy (non-hydrogen) atoms. The van der Waals surface area contributed by atoms with Crippen LogP contribution in [0.3, 0.4) is 0 Å². The van der Waals surface area contributed by atoms with Crippen LogP contribution in [0, 0.1) is 0 Å². The molecule has 0 aromatic heterocycles. The van der Waals surface area contributed by atoms with Crippen molar-refractivity contribution in [1.29, 1.82) is 0 Å². The molecule has 1 aromatic carbocycles. The Morgan fingerprint density at radius 2 is 1.71 bits per heavy atom. The maximum atomic E-state index is 12.7. The highest BCUT2D eigenvalue weighted by atomic mass is 32.2. The van der Waals surface area contributed by atoms with E-state index in [0.29, 0.717) is 37.6 Å². The standard InChI is InChI=1S/C17H26N2O4S/c1-17(2,3)14-4-6-15(7-5-14)24(22,23)19-12-10-18(11-13-19)9-8-16(20)21/h4-7H,8-13H2,1-3H3,(H,20,21). The number of nitrogens with one attached hydrogen (secondary N) is 1. The summed E-state index contributed by atoms with van der Waals surface area (Å²) in [5, 5.41) is 10.5. The van der Waals surface area contributed by atoms with E-state index >= 15 is 0 Å². The molecule has 1 saturated heterocycles. The van der Waals surface area contributed by atoms with Crippen molar-refractivity contribution in [2.45, 2.75) is 37.5 Å². The van der Waals surface area contributed by atoms with Crippen molar-refractivity contribution < 1.29 is 23.2 Å². The van der Waals surface area contributed by atoms with E-state index in [9.17, 15) is 18.3 Å². The number of aliphatic carboxylic acids is 1. The number of piperazine rings is 1. The summed E-state index contributed by atoms with van der Waals surface area (Å²) in [6.07, 6.45) is 0.0103. The predicted octanol–water partition coefficient (Wildman–Crippen LogP) is -0.987. The summed E-state index contributed by atoms with van der Waals surface area (Å²) in [5.41, 5.74) is 1.08. The Morgan fingerprint density at radius 3 is 2.17 bits per heavy atom. The minimum atomic E-state index is -3.49. The third-order valence-corrected chi connectivity index (χ3v) is 6.38. The quantitative estimate of drug-likeness (QED) is 0.736. The highest BCUT2D eigenvalue weighted by Crippen LogP contribution is 2.24. The van der Waals surface area contributed by atoms with Crippen molar-refractivity contribution in [3.63, 3.8) is 0 Å². The molecular weight excluding hydrogens is 328 g/mol. The number of carboxylic acid groups (broad SMARTS) is 1. The van der Waals surface area contributed by atoms with Crippen molar-refractivity contribution in [2.24, 2.45) is 0 Å². The van der Waals surface area contributed by atoms with Crippen molar-refractivity contribution >= 4 is 16.0 Å². The zero-order valence-corrected chi connectivity index (χ0v) is 15.4. The fraction of sp³-hybridized carbons (Fsp3) is 0.588. The van der Waals surface area contributed by atoms with E-state index in [2.05, 4.69) is 20.8 Å². The number of hydrogen-bond donors (Lipinski definition) is 1. The van der Waals surface area contributed by atoms with Gasteiger partial charge in [-0.25, -0.2) is 8.42 Å². The summed E-state index contributed by atoms with van der Waals surface area (Å²) in [6.45, 7) is 8.80. The van der Waals surface area contributed by atoms with Gasteiger partial charge in [0.1, 0.15) is 0 Å². The van der Waals surface area contributed by atoms with Gasteiger partial charge in [-0.3, -0.25) is 0 Å². The van der Waals surface area contributed by atoms with E-state index < -0.39 is 16.0 Å². The summed E-state index contributed by atoms with van der Waals surface area (Å²) < 4.78 is 27.0. The summed E-state index contributed by atoms with van der Waals surface area (Å²) >= 11 is 0. The maximum absolute atomic E-state index is 12.7. The summed E-state index contributed by atoms with van der Waals surface area (Å²) in [5.74, 6) is -1.06. The van der Waals surface area contributed by atoms with Crippen LogP contribution in [-0.2, 0) is 20.2 Å². The average Bonchev–Trinajstić information content (AvgIpc) is 2.52. The van der Waals surface area contributed by atoms with E-state index in [-0.39, 0.29) is 11.8 Å². The van der Waals surface area contributed by atoms with Gasteiger partial charge in [0, 0.05) is 12.4 Å². The second-order valence-corrected chi connectivity index (χ2v) is 9.24. The summed E-state index contributed by atoms with van der Waals surface area (Å²) in [7, 11) is -3.49. The first-order valence-corrected chi connectivity index (χ1v) is 9.69. The molecule has 0 amide bonds. The van der Waals surface area contributed by atoms with Crippen LogP contribution in [0.4, 0.5) is 0 Å². The minimum Gasteiger partial charge on any atom is -0.550 e. The number of carboxylic acids is 1. The molecule has 0 saturated carbocycles. The van der Waals surface area contributed by atoms with Crippen LogP contribution >= 0.6 is 0 Å². The Morgan fingerprint density at radius 1 is 1.17 bits per heavy atom. The van der Waals surface area contributed by atoms with Crippen LogP contribution < -0.4 is 10.0 Å². The Kier molecular flexibility index (Phi) is 5.67. The molecule has 134 valence electrons. The second-order valence-electron chi connectivity index (χ2n) is 7.30. The van der Waals surface area contributed by atoms with Gasteiger partial charge in [-0.05, 0) is 23.1 Å². The van der Waals surface area contributed by atoms with Gasteiger partial charge < -0.3 is 14.8 Å². The maximum Gasteiger partial charge on any atom is 0.243 e. The first-order valence-electron chi connectivity index (χ1n) is 8.25. The van der Waals surface area contributed by atoms with Crippen molar-refractivity contribution in [3.05, 3.63) is 29.8 Å². The Hall–Kier alpha value is -1.44. The number of hydrogen-bond acceptors (Lipinski definition) is 4. The number of rotatable bonds is 5. The smallest absolute Gasteiger partial charge is 0.243 e. The molecule has 1 aliphatic heterocycles.